The number of amides is 2. The summed E-state index contributed by atoms with van der Waals surface area (Å²) < 4.78 is 11.2. The number of carbonyl (C=O) groups is 2. The van der Waals surface area contributed by atoms with Crippen LogP contribution in [0.5, 0.6) is 5.75 Å². The van der Waals surface area contributed by atoms with Crippen molar-refractivity contribution in [2.45, 2.75) is 13.8 Å². The number of furan rings is 1. The number of aryl methyl sites for hydroxylation is 2. The molecular formula is C17H14N2O4. The standard InChI is InChI=1S/C17H14N2O4/c1-7-12-10-6-9(22-3)4-5-11(10)23-15(12)8(2)14-13(7)16(20)19(18)17(14)21/h4-6H,18H2,1-3H3. The van der Waals surface area contributed by atoms with Crippen molar-refractivity contribution in [3.05, 3.63) is 40.5 Å². The van der Waals surface area contributed by atoms with Gasteiger partial charge in [-0.05, 0) is 37.6 Å². The molecule has 1 aromatic heterocycles. The first kappa shape index (κ1) is 13.8. The van der Waals surface area contributed by atoms with E-state index in [1.807, 2.05) is 12.1 Å². The first-order valence-electron chi connectivity index (χ1n) is 7.12. The number of hydrogen-bond acceptors (Lipinski definition) is 5. The third kappa shape index (κ3) is 1.55. The third-order valence-corrected chi connectivity index (χ3v) is 4.48. The van der Waals surface area contributed by atoms with E-state index < -0.39 is 11.8 Å². The highest BCUT2D eigenvalue weighted by Gasteiger charge is 2.38. The number of carbonyl (C=O) groups excluding carboxylic acids is 2. The van der Waals surface area contributed by atoms with Gasteiger partial charge in [0, 0.05) is 16.3 Å². The predicted molar refractivity (Wildman–Crippen MR) is 84.4 cm³/mol. The predicted octanol–water partition coefficient (Wildman–Crippen LogP) is 2.68. The van der Waals surface area contributed by atoms with Crippen LogP contribution >= 0.6 is 0 Å². The molecule has 3 aromatic rings. The molecule has 0 bridgehead atoms. The van der Waals surface area contributed by atoms with Crippen molar-refractivity contribution < 1.29 is 18.7 Å². The van der Waals surface area contributed by atoms with Gasteiger partial charge in [-0.15, -0.1) is 0 Å². The fourth-order valence-electron chi connectivity index (χ4n) is 3.32. The summed E-state index contributed by atoms with van der Waals surface area (Å²) in [6, 6.07) is 5.49. The number of hydrogen-bond donors (Lipinski definition) is 1. The minimum Gasteiger partial charge on any atom is -0.497 e. The van der Waals surface area contributed by atoms with Gasteiger partial charge in [0.2, 0.25) is 0 Å². The lowest BCUT2D eigenvalue weighted by molar-refractivity contribution is 0.0653. The van der Waals surface area contributed by atoms with Crippen LogP contribution in [-0.2, 0) is 0 Å². The van der Waals surface area contributed by atoms with E-state index in [1.54, 1.807) is 27.0 Å². The van der Waals surface area contributed by atoms with Crippen LogP contribution in [0.2, 0.25) is 0 Å². The number of imide groups is 1. The number of benzene rings is 2. The summed E-state index contributed by atoms with van der Waals surface area (Å²) in [5.41, 5.74) is 3.28. The Labute approximate surface area is 131 Å². The molecule has 0 saturated heterocycles. The number of ether oxygens (including phenoxy) is 1. The molecule has 2 aromatic carbocycles. The van der Waals surface area contributed by atoms with Crippen molar-refractivity contribution in [1.82, 2.24) is 5.01 Å². The van der Waals surface area contributed by atoms with E-state index in [0.717, 1.165) is 10.8 Å². The summed E-state index contributed by atoms with van der Waals surface area (Å²) in [7, 11) is 1.59. The molecule has 1 aliphatic rings. The summed E-state index contributed by atoms with van der Waals surface area (Å²) in [5, 5.41) is 2.32. The van der Waals surface area contributed by atoms with Crippen molar-refractivity contribution in [1.29, 1.82) is 0 Å². The van der Waals surface area contributed by atoms with Gasteiger partial charge in [0.05, 0.1) is 18.2 Å². The van der Waals surface area contributed by atoms with Gasteiger partial charge < -0.3 is 9.15 Å². The van der Waals surface area contributed by atoms with E-state index in [1.165, 1.54) is 0 Å². The van der Waals surface area contributed by atoms with E-state index >= 15 is 0 Å². The molecule has 0 unspecified atom stereocenters. The molecule has 116 valence electrons. The Kier molecular flexibility index (Phi) is 2.59. The van der Waals surface area contributed by atoms with Gasteiger partial charge in [-0.1, -0.05) is 0 Å². The van der Waals surface area contributed by atoms with E-state index in [-0.39, 0.29) is 0 Å². The van der Waals surface area contributed by atoms with E-state index in [4.69, 9.17) is 15.0 Å². The molecule has 6 heteroatoms. The molecule has 0 fully saturated rings. The maximum absolute atomic E-state index is 12.3. The number of hydrazine groups is 1. The van der Waals surface area contributed by atoms with Crippen LogP contribution in [0.1, 0.15) is 31.8 Å². The lowest BCUT2D eigenvalue weighted by atomic mass is 9.94. The molecule has 4 rings (SSSR count). The lowest BCUT2D eigenvalue weighted by Crippen LogP contribution is -2.36. The Morgan fingerprint density at radius 2 is 1.74 bits per heavy atom. The molecule has 0 spiro atoms. The Balaban J connectivity index is 2.22. The Bertz CT molecular complexity index is 1030. The largest absolute Gasteiger partial charge is 0.497 e. The zero-order valence-corrected chi connectivity index (χ0v) is 12.9. The van der Waals surface area contributed by atoms with Crippen molar-refractivity contribution >= 4 is 33.8 Å². The normalized spacial score (nSPS) is 14.2. The van der Waals surface area contributed by atoms with Crippen molar-refractivity contribution in [2.24, 2.45) is 5.84 Å². The minimum absolute atomic E-state index is 0.327. The van der Waals surface area contributed by atoms with Crippen LogP contribution in [0.3, 0.4) is 0 Å². The monoisotopic (exact) mass is 310 g/mol. The molecule has 2 N–H and O–H groups in total. The fourth-order valence-corrected chi connectivity index (χ4v) is 3.32. The SMILES string of the molecule is COc1ccc2oc3c(C)c4c(c(C)c3c2c1)C(=O)N(N)C4=O. The van der Waals surface area contributed by atoms with Gasteiger partial charge in [-0.3, -0.25) is 9.59 Å². The smallest absolute Gasteiger partial charge is 0.276 e. The van der Waals surface area contributed by atoms with Crippen molar-refractivity contribution in [3.63, 3.8) is 0 Å². The number of nitrogens with two attached hydrogens (primary N) is 1. The first-order valence-corrected chi connectivity index (χ1v) is 7.12. The first-order chi connectivity index (χ1) is 11.0. The van der Waals surface area contributed by atoms with Crippen molar-refractivity contribution in [3.8, 4) is 5.75 Å². The molecule has 2 heterocycles. The number of fused-ring (bicyclic) bond motifs is 4. The van der Waals surface area contributed by atoms with Crippen LogP contribution in [0.15, 0.2) is 22.6 Å². The van der Waals surface area contributed by atoms with E-state index in [2.05, 4.69) is 0 Å². The van der Waals surface area contributed by atoms with Crippen LogP contribution in [-0.4, -0.2) is 23.9 Å². The van der Waals surface area contributed by atoms with E-state index in [9.17, 15) is 9.59 Å². The number of methoxy groups -OCH3 is 1. The van der Waals surface area contributed by atoms with Gasteiger partial charge >= 0.3 is 0 Å². The number of nitrogens with zero attached hydrogens (tertiary/aromatic N) is 1. The average molecular weight is 310 g/mol. The van der Waals surface area contributed by atoms with Crippen LogP contribution < -0.4 is 10.6 Å². The van der Waals surface area contributed by atoms with Gasteiger partial charge in [0.15, 0.2) is 0 Å². The summed E-state index contributed by atoms with van der Waals surface area (Å²) in [4.78, 5) is 24.6. The highest BCUT2D eigenvalue weighted by atomic mass is 16.5. The zero-order chi connectivity index (χ0) is 16.5. The third-order valence-electron chi connectivity index (χ3n) is 4.48. The van der Waals surface area contributed by atoms with Gasteiger partial charge in [-0.2, -0.15) is 0 Å². The number of rotatable bonds is 1. The Morgan fingerprint density at radius 3 is 2.39 bits per heavy atom. The second-order valence-corrected chi connectivity index (χ2v) is 5.65. The second kappa shape index (κ2) is 4.33. The van der Waals surface area contributed by atoms with Gasteiger partial charge in [0.1, 0.15) is 16.9 Å². The lowest BCUT2D eigenvalue weighted by Gasteiger charge is -2.06. The summed E-state index contributed by atoms with van der Waals surface area (Å²) >= 11 is 0. The molecule has 23 heavy (non-hydrogen) atoms. The fraction of sp³-hybridized carbons (Fsp3) is 0.176. The molecule has 1 aliphatic heterocycles. The topological polar surface area (TPSA) is 85.8 Å². The van der Waals surface area contributed by atoms with Gasteiger partial charge in [-0.25, -0.2) is 10.9 Å². The summed E-state index contributed by atoms with van der Waals surface area (Å²) in [6.07, 6.45) is 0. The molecule has 0 radical (unpaired) electrons. The van der Waals surface area contributed by atoms with Crippen LogP contribution in [0, 0.1) is 13.8 Å². The van der Waals surface area contributed by atoms with Crippen LogP contribution in [0.25, 0.3) is 21.9 Å². The average Bonchev–Trinajstić information content (AvgIpc) is 3.04. The van der Waals surface area contributed by atoms with Crippen molar-refractivity contribution in [2.75, 3.05) is 7.11 Å². The van der Waals surface area contributed by atoms with E-state index in [0.29, 0.717) is 44.2 Å². The zero-order valence-electron chi connectivity index (χ0n) is 12.9. The molecule has 0 saturated carbocycles. The highest BCUT2D eigenvalue weighted by Crippen LogP contribution is 2.40. The summed E-state index contributed by atoms with van der Waals surface area (Å²) in [6.45, 7) is 3.57. The highest BCUT2D eigenvalue weighted by molar-refractivity contribution is 6.26. The molecule has 6 nitrogen and oxygen atoms in total. The van der Waals surface area contributed by atoms with Crippen LogP contribution in [0.4, 0.5) is 0 Å². The Hall–Kier alpha value is -2.86. The minimum atomic E-state index is -0.495. The maximum atomic E-state index is 12.3. The molecule has 0 aliphatic carbocycles. The molecular weight excluding hydrogens is 296 g/mol. The maximum Gasteiger partial charge on any atom is 0.276 e. The molecule has 2 amide bonds. The van der Waals surface area contributed by atoms with Gasteiger partial charge in [0.25, 0.3) is 11.8 Å². The second-order valence-electron chi connectivity index (χ2n) is 5.65. The summed E-state index contributed by atoms with van der Waals surface area (Å²) in [5.74, 6) is 5.30. The quantitative estimate of drug-likeness (QED) is 0.424. The Morgan fingerprint density at radius 1 is 1.09 bits per heavy atom. The molecule has 0 atom stereocenters.